The summed E-state index contributed by atoms with van der Waals surface area (Å²) in [5.41, 5.74) is 0.684. The minimum absolute atomic E-state index is 0.239. The molecule has 0 N–H and O–H groups in total. The van der Waals surface area contributed by atoms with Crippen molar-refractivity contribution in [2.75, 3.05) is 0 Å². The Balaban J connectivity index is 1.93. The van der Waals surface area contributed by atoms with Gasteiger partial charge in [-0.05, 0) is 47.5 Å². The fourth-order valence-electron chi connectivity index (χ4n) is 2.23. The van der Waals surface area contributed by atoms with Crippen LogP contribution in [0.2, 0.25) is 0 Å². The van der Waals surface area contributed by atoms with Crippen molar-refractivity contribution in [3.8, 4) is 0 Å². The number of rotatable bonds is 2. The molecule has 0 spiro atoms. The van der Waals surface area contributed by atoms with Gasteiger partial charge in [-0.3, -0.25) is 0 Å². The highest BCUT2D eigenvalue weighted by Crippen LogP contribution is 2.42. The van der Waals surface area contributed by atoms with E-state index in [-0.39, 0.29) is 18.3 Å². The first kappa shape index (κ1) is 12.6. The van der Waals surface area contributed by atoms with Crippen LogP contribution in [0, 0.1) is 6.92 Å². The number of hydrogen-bond acceptors (Lipinski definition) is 4. The van der Waals surface area contributed by atoms with Crippen LogP contribution in [0.1, 0.15) is 57.2 Å². The summed E-state index contributed by atoms with van der Waals surface area (Å²) in [6.45, 7) is 10.4. The van der Waals surface area contributed by atoms with Gasteiger partial charge in [0.15, 0.2) is 0 Å². The van der Waals surface area contributed by atoms with E-state index in [0.29, 0.717) is 5.92 Å². The molecule has 2 aliphatic rings. The second-order valence-corrected chi connectivity index (χ2v) is 7.58. The molecule has 0 amide bonds. The number of aromatic nitrogens is 1. The van der Waals surface area contributed by atoms with Crippen LogP contribution in [0.15, 0.2) is 0 Å². The predicted octanol–water partition coefficient (Wildman–Crippen LogP) is 2.63. The lowest BCUT2D eigenvalue weighted by molar-refractivity contribution is 0.00578. The summed E-state index contributed by atoms with van der Waals surface area (Å²) in [6.07, 6.45) is 2.52. The molecule has 0 unspecified atom stereocenters. The lowest BCUT2D eigenvalue weighted by Gasteiger charge is -2.32. The molecule has 1 aliphatic heterocycles. The normalized spacial score (nSPS) is 25.7. The van der Waals surface area contributed by atoms with Gasteiger partial charge >= 0.3 is 7.12 Å². The first-order chi connectivity index (χ1) is 8.30. The van der Waals surface area contributed by atoms with Gasteiger partial charge < -0.3 is 9.31 Å². The monoisotopic (exact) mass is 265 g/mol. The van der Waals surface area contributed by atoms with Crippen molar-refractivity contribution in [2.24, 2.45) is 0 Å². The fraction of sp³-hybridized carbons (Fsp3) is 0.769. The minimum Gasteiger partial charge on any atom is -0.399 e. The molecule has 1 aliphatic carbocycles. The first-order valence-corrected chi connectivity index (χ1v) is 7.45. The molecule has 0 atom stereocenters. The Labute approximate surface area is 113 Å². The summed E-state index contributed by atoms with van der Waals surface area (Å²) >= 11 is 1.72. The second kappa shape index (κ2) is 3.81. The summed E-state index contributed by atoms with van der Waals surface area (Å²) in [5.74, 6) is 0.643. The van der Waals surface area contributed by atoms with Crippen molar-refractivity contribution < 1.29 is 9.31 Å². The van der Waals surface area contributed by atoms with E-state index in [1.54, 1.807) is 11.3 Å². The van der Waals surface area contributed by atoms with E-state index in [4.69, 9.17) is 9.31 Å². The molecule has 98 valence electrons. The number of thiazole rings is 1. The van der Waals surface area contributed by atoms with E-state index in [1.165, 1.54) is 23.3 Å². The lowest BCUT2D eigenvalue weighted by atomic mass is 9.85. The van der Waals surface area contributed by atoms with Crippen LogP contribution in [0.25, 0.3) is 0 Å². The standard InChI is InChI=1S/C13H20BNO2S/c1-8-15-10(9-6-7-9)11(18-8)14-16-12(2,3)13(4,5)17-14/h9H,6-7H2,1-5H3. The first-order valence-electron chi connectivity index (χ1n) is 6.63. The van der Waals surface area contributed by atoms with Crippen LogP contribution in [0.3, 0.4) is 0 Å². The molecule has 1 saturated carbocycles. The van der Waals surface area contributed by atoms with Crippen LogP contribution in [0.4, 0.5) is 0 Å². The van der Waals surface area contributed by atoms with Crippen molar-refractivity contribution in [3.63, 3.8) is 0 Å². The van der Waals surface area contributed by atoms with Crippen molar-refractivity contribution in [2.45, 2.75) is 64.6 Å². The van der Waals surface area contributed by atoms with Gasteiger partial charge in [0.25, 0.3) is 0 Å². The number of nitrogens with zero attached hydrogens (tertiary/aromatic N) is 1. The van der Waals surface area contributed by atoms with E-state index in [9.17, 15) is 0 Å². The Hall–Kier alpha value is -0.385. The molecule has 2 heterocycles. The molecule has 0 radical (unpaired) electrons. The highest BCUT2D eigenvalue weighted by Gasteiger charge is 2.53. The molecule has 3 nitrogen and oxygen atoms in total. The summed E-state index contributed by atoms with van der Waals surface area (Å²) in [5, 5.41) is 1.11. The van der Waals surface area contributed by atoms with Crippen LogP contribution in [-0.4, -0.2) is 23.3 Å². The quantitative estimate of drug-likeness (QED) is 0.770. The highest BCUT2D eigenvalue weighted by molar-refractivity contribution is 7.22. The third-order valence-electron chi connectivity index (χ3n) is 4.22. The van der Waals surface area contributed by atoms with Crippen LogP contribution < -0.4 is 4.78 Å². The lowest BCUT2D eigenvalue weighted by Crippen LogP contribution is -2.41. The van der Waals surface area contributed by atoms with E-state index in [1.807, 2.05) is 0 Å². The van der Waals surface area contributed by atoms with Crippen molar-refractivity contribution >= 4 is 23.2 Å². The second-order valence-electron chi connectivity index (χ2n) is 6.34. The zero-order valence-corrected chi connectivity index (χ0v) is 12.6. The molecule has 1 saturated heterocycles. The van der Waals surface area contributed by atoms with Crippen LogP contribution in [-0.2, 0) is 9.31 Å². The van der Waals surface area contributed by atoms with Gasteiger partial charge in [-0.1, -0.05) is 0 Å². The Bertz CT molecular complexity index is 463. The van der Waals surface area contributed by atoms with E-state index >= 15 is 0 Å². The van der Waals surface area contributed by atoms with Gasteiger partial charge in [-0.15, -0.1) is 11.3 Å². The van der Waals surface area contributed by atoms with Gasteiger partial charge in [0.2, 0.25) is 0 Å². The van der Waals surface area contributed by atoms with E-state index in [0.717, 1.165) is 5.01 Å². The largest absolute Gasteiger partial charge is 0.507 e. The summed E-state index contributed by atoms with van der Waals surface area (Å²) in [7, 11) is -0.239. The molecule has 3 rings (SSSR count). The maximum atomic E-state index is 6.13. The SMILES string of the molecule is Cc1nc(C2CC2)c(B2OC(C)(C)C(C)(C)O2)s1. The molecule has 1 aromatic rings. The fourth-order valence-corrected chi connectivity index (χ4v) is 3.20. The number of aryl methyl sites for hydroxylation is 1. The zero-order chi connectivity index (χ0) is 13.1. The third-order valence-corrected chi connectivity index (χ3v) is 5.23. The molecular weight excluding hydrogens is 245 g/mol. The maximum Gasteiger partial charge on any atom is 0.507 e. The summed E-state index contributed by atoms with van der Waals surface area (Å²) in [4.78, 5) is 4.67. The molecule has 0 bridgehead atoms. The van der Waals surface area contributed by atoms with Gasteiger partial charge in [-0.2, -0.15) is 0 Å². The zero-order valence-electron chi connectivity index (χ0n) is 11.7. The minimum atomic E-state index is -0.267. The average Bonchev–Trinajstić information content (AvgIpc) is 2.95. The van der Waals surface area contributed by atoms with E-state index in [2.05, 4.69) is 39.6 Å². The summed E-state index contributed by atoms with van der Waals surface area (Å²) < 4.78 is 13.4. The van der Waals surface area contributed by atoms with E-state index < -0.39 is 0 Å². The Kier molecular flexibility index (Phi) is 2.67. The van der Waals surface area contributed by atoms with Crippen molar-refractivity contribution in [3.05, 3.63) is 10.7 Å². The van der Waals surface area contributed by atoms with Crippen LogP contribution in [0.5, 0.6) is 0 Å². The molecule has 2 fully saturated rings. The smallest absolute Gasteiger partial charge is 0.399 e. The Morgan fingerprint density at radius 3 is 2.22 bits per heavy atom. The van der Waals surface area contributed by atoms with Crippen LogP contribution >= 0.6 is 11.3 Å². The van der Waals surface area contributed by atoms with Gasteiger partial charge in [0.1, 0.15) is 0 Å². The molecule has 0 aromatic carbocycles. The molecule has 5 heteroatoms. The van der Waals surface area contributed by atoms with Crippen molar-refractivity contribution in [1.82, 2.24) is 4.98 Å². The molecular formula is C13H20BNO2S. The van der Waals surface area contributed by atoms with Gasteiger partial charge in [-0.25, -0.2) is 4.98 Å². The predicted molar refractivity (Wildman–Crippen MR) is 74.5 cm³/mol. The maximum absolute atomic E-state index is 6.13. The van der Waals surface area contributed by atoms with Gasteiger partial charge in [0, 0.05) is 5.92 Å². The van der Waals surface area contributed by atoms with Crippen molar-refractivity contribution in [1.29, 1.82) is 0 Å². The highest BCUT2D eigenvalue weighted by atomic mass is 32.1. The Morgan fingerprint density at radius 1 is 1.17 bits per heavy atom. The average molecular weight is 265 g/mol. The Morgan fingerprint density at radius 2 is 1.72 bits per heavy atom. The third kappa shape index (κ3) is 1.93. The molecule has 18 heavy (non-hydrogen) atoms. The van der Waals surface area contributed by atoms with Gasteiger partial charge in [0.05, 0.1) is 26.7 Å². The number of hydrogen-bond donors (Lipinski definition) is 0. The molecule has 1 aromatic heterocycles. The summed E-state index contributed by atoms with van der Waals surface area (Å²) in [6, 6.07) is 0. The topological polar surface area (TPSA) is 31.4 Å².